The molecule has 0 unspecified atom stereocenters. The molecule has 2 heterocycles. The van der Waals surface area contributed by atoms with Gasteiger partial charge in [0.2, 0.25) is 0 Å². The first-order valence-electron chi connectivity index (χ1n) is 6.26. The van der Waals surface area contributed by atoms with Crippen molar-refractivity contribution in [2.24, 2.45) is 0 Å². The second-order valence-corrected chi connectivity index (χ2v) is 5.39. The summed E-state index contributed by atoms with van der Waals surface area (Å²) in [6.07, 6.45) is 0. The van der Waals surface area contributed by atoms with Gasteiger partial charge in [-0.25, -0.2) is 9.97 Å². The van der Waals surface area contributed by atoms with Crippen LogP contribution in [0.15, 0.2) is 41.0 Å². The molecule has 2 aromatic heterocycles. The highest BCUT2D eigenvalue weighted by atomic mass is 79.9. The largest absolute Gasteiger partial charge is 0.338 e. The predicted molar refractivity (Wildman–Crippen MR) is 84.2 cm³/mol. The molecule has 0 aliphatic heterocycles. The molecule has 0 aliphatic rings. The van der Waals surface area contributed by atoms with Gasteiger partial charge in [0.15, 0.2) is 0 Å². The molecule has 0 atom stereocenters. The van der Waals surface area contributed by atoms with Crippen molar-refractivity contribution in [3.05, 3.63) is 52.5 Å². The summed E-state index contributed by atoms with van der Waals surface area (Å²) in [4.78, 5) is 13.2. The molecule has 4 nitrogen and oxygen atoms in total. The van der Waals surface area contributed by atoms with Crippen molar-refractivity contribution < 1.29 is 0 Å². The maximum Gasteiger partial charge on any atom is 0.135 e. The zero-order valence-electron chi connectivity index (χ0n) is 11.2. The summed E-state index contributed by atoms with van der Waals surface area (Å²) < 4.78 is 0.761. The molecule has 0 saturated carbocycles. The number of hydrogen-bond acceptors (Lipinski definition) is 4. The van der Waals surface area contributed by atoms with Crippen LogP contribution in [-0.4, -0.2) is 15.0 Å². The minimum absolute atomic E-state index is 0.714. The van der Waals surface area contributed by atoms with E-state index in [9.17, 15) is 0 Å². The minimum atomic E-state index is 0.714. The minimum Gasteiger partial charge on any atom is -0.338 e. The Labute approximate surface area is 125 Å². The molecule has 0 saturated heterocycles. The molecule has 3 aromatic rings. The lowest BCUT2D eigenvalue weighted by molar-refractivity contribution is 1.04. The van der Waals surface area contributed by atoms with Crippen LogP contribution in [0.1, 0.15) is 11.5 Å². The zero-order valence-corrected chi connectivity index (χ0v) is 12.8. The van der Waals surface area contributed by atoms with Gasteiger partial charge in [-0.1, -0.05) is 18.2 Å². The number of nitrogens with zero attached hydrogens (tertiary/aromatic N) is 3. The van der Waals surface area contributed by atoms with E-state index in [2.05, 4.69) is 42.3 Å². The van der Waals surface area contributed by atoms with Gasteiger partial charge in [0.1, 0.15) is 16.2 Å². The number of hydrogen-bond donors (Lipinski definition) is 1. The number of pyridine rings is 1. The third-order valence-corrected chi connectivity index (χ3v) is 3.34. The molecule has 3 rings (SSSR count). The lowest BCUT2D eigenvalue weighted by atomic mass is 10.1. The normalized spacial score (nSPS) is 10.8. The van der Waals surface area contributed by atoms with Gasteiger partial charge in [-0.3, -0.25) is 4.98 Å². The lowest BCUT2D eigenvalue weighted by Gasteiger charge is -2.09. The Hall–Kier alpha value is -2.01. The molecule has 1 N–H and O–H groups in total. The van der Waals surface area contributed by atoms with Crippen LogP contribution in [0.3, 0.4) is 0 Å². The quantitative estimate of drug-likeness (QED) is 0.718. The second-order valence-electron chi connectivity index (χ2n) is 4.58. The first-order chi connectivity index (χ1) is 9.61. The van der Waals surface area contributed by atoms with Gasteiger partial charge in [0.05, 0.1) is 11.2 Å². The standard InChI is InChI=1S/C15H13BrN4/c1-9-6-7-11-4-3-5-12(15(11)17-9)20-14-8-13(16)18-10(2)19-14/h3-8H,1-2H3,(H,18,19,20). The molecule has 0 amide bonds. The highest BCUT2D eigenvalue weighted by Crippen LogP contribution is 2.25. The van der Waals surface area contributed by atoms with Crippen LogP contribution in [0.25, 0.3) is 10.9 Å². The van der Waals surface area contributed by atoms with Gasteiger partial charge in [0.25, 0.3) is 0 Å². The number of aromatic nitrogens is 3. The molecule has 100 valence electrons. The van der Waals surface area contributed by atoms with E-state index in [0.29, 0.717) is 5.82 Å². The Balaban J connectivity index is 2.08. The molecule has 0 bridgehead atoms. The second kappa shape index (κ2) is 5.17. The van der Waals surface area contributed by atoms with Gasteiger partial charge in [-0.15, -0.1) is 0 Å². The molecule has 0 radical (unpaired) electrons. The van der Waals surface area contributed by atoms with E-state index < -0.39 is 0 Å². The summed E-state index contributed by atoms with van der Waals surface area (Å²) in [7, 11) is 0. The van der Waals surface area contributed by atoms with E-state index in [1.54, 1.807) is 0 Å². The monoisotopic (exact) mass is 328 g/mol. The van der Waals surface area contributed by atoms with Crippen molar-refractivity contribution in [1.82, 2.24) is 15.0 Å². The summed E-state index contributed by atoms with van der Waals surface area (Å²) in [6.45, 7) is 3.85. The number of benzene rings is 1. The van der Waals surface area contributed by atoms with Gasteiger partial charge >= 0.3 is 0 Å². The Kier molecular flexibility index (Phi) is 3.36. The van der Waals surface area contributed by atoms with Gasteiger partial charge in [-0.2, -0.15) is 0 Å². The van der Waals surface area contributed by atoms with Crippen LogP contribution >= 0.6 is 15.9 Å². The maximum absolute atomic E-state index is 4.60. The van der Waals surface area contributed by atoms with Crippen LogP contribution in [0, 0.1) is 13.8 Å². The lowest BCUT2D eigenvalue weighted by Crippen LogP contribution is -1.99. The van der Waals surface area contributed by atoms with Crippen LogP contribution in [0.4, 0.5) is 11.5 Å². The maximum atomic E-state index is 4.60. The van der Waals surface area contributed by atoms with Gasteiger partial charge < -0.3 is 5.32 Å². The average molecular weight is 329 g/mol. The average Bonchev–Trinajstić information content (AvgIpc) is 2.38. The molecule has 0 aliphatic carbocycles. The fraction of sp³-hybridized carbons (Fsp3) is 0.133. The number of rotatable bonds is 2. The highest BCUT2D eigenvalue weighted by molar-refractivity contribution is 9.10. The zero-order chi connectivity index (χ0) is 14.1. The van der Waals surface area contributed by atoms with E-state index >= 15 is 0 Å². The number of halogens is 1. The van der Waals surface area contributed by atoms with Crippen LogP contribution in [0.5, 0.6) is 0 Å². The van der Waals surface area contributed by atoms with E-state index in [0.717, 1.165) is 32.7 Å². The summed E-state index contributed by atoms with van der Waals surface area (Å²) in [5.41, 5.74) is 2.88. The van der Waals surface area contributed by atoms with Crippen LogP contribution in [-0.2, 0) is 0 Å². The van der Waals surface area contributed by atoms with E-state index in [-0.39, 0.29) is 0 Å². The van der Waals surface area contributed by atoms with Crippen molar-refractivity contribution in [2.45, 2.75) is 13.8 Å². The molecule has 1 aromatic carbocycles. The van der Waals surface area contributed by atoms with Gasteiger partial charge in [0, 0.05) is 17.1 Å². The van der Waals surface area contributed by atoms with Crippen molar-refractivity contribution in [1.29, 1.82) is 0 Å². The summed E-state index contributed by atoms with van der Waals surface area (Å²) >= 11 is 3.38. The molecular weight excluding hydrogens is 316 g/mol. The van der Waals surface area contributed by atoms with Crippen LogP contribution in [0.2, 0.25) is 0 Å². The Morgan fingerprint density at radius 2 is 1.85 bits per heavy atom. The van der Waals surface area contributed by atoms with E-state index in [1.165, 1.54) is 0 Å². The van der Waals surface area contributed by atoms with Crippen molar-refractivity contribution in [3.63, 3.8) is 0 Å². The van der Waals surface area contributed by atoms with E-state index in [4.69, 9.17) is 0 Å². The van der Waals surface area contributed by atoms with Crippen molar-refractivity contribution in [3.8, 4) is 0 Å². The Bertz CT molecular complexity index is 766. The summed E-state index contributed by atoms with van der Waals surface area (Å²) in [5, 5.41) is 4.41. The molecule has 0 spiro atoms. The van der Waals surface area contributed by atoms with Crippen LogP contribution < -0.4 is 5.32 Å². The summed E-state index contributed by atoms with van der Waals surface area (Å²) in [5.74, 6) is 1.46. The number of nitrogens with one attached hydrogen (secondary N) is 1. The van der Waals surface area contributed by atoms with Crippen molar-refractivity contribution >= 4 is 38.3 Å². The first-order valence-corrected chi connectivity index (χ1v) is 7.06. The number of para-hydroxylation sites is 1. The predicted octanol–water partition coefficient (Wildman–Crippen LogP) is 4.15. The topological polar surface area (TPSA) is 50.7 Å². The third kappa shape index (κ3) is 2.63. The Morgan fingerprint density at radius 1 is 1.00 bits per heavy atom. The SMILES string of the molecule is Cc1ccc2cccc(Nc3cc(Br)nc(C)n3)c2n1. The fourth-order valence-electron chi connectivity index (χ4n) is 2.08. The molecule has 0 fully saturated rings. The number of aryl methyl sites for hydroxylation is 2. The van der Waals surface area contributed by atoms with Crippen molar-refractivity contribution in [2.75, 3.05) is 5.32 Å². The fourth-order valence-corrected chi connectivity index (χ4v) is 2.55. The highest BCUT2D eigenvalue weighted by Gasteiger charge is 2.05. The number of fused-ring (bicyclic) bond motifs is 1. The molecule has 20 heavy (non-hydrogen) atoms. The smallest absolute Gasteiger partial charge is 0.135 e. The first kappa shape index (κ1) is 13.0. The van der Waals surface area contributed by atoms with E-state index in [1.807, 2.05) is 44.2 Å². The number of anilines is 2. The Morgan fingerprint density at radius 3 is 2.65 bits per heavy atom. The van der Waals surface area contributed by atoms with Gasteiger partial charge in [-0.05, 0) is 41.9 Å². The molecular formula is C15H13BrN4. The third-order valence-electron chi connectivity index (χ3n) is 2.93. The molecule has 5 heteroatoms. The summed E-state index contributed by atoms with van der Waals surface area (Å²) in [6, 6.07) is 12.0.